The van der Waals surface area contributed by atoms with Crippen LogP contribution in [0.3, 0.4) is 0 Å². The van der Waals surface area contributed by atoms with Gasteiger partial charge in [0.25, 0.3) is 0 Å². The van der Waals surface area contributed by atoms with Gasteiger partial charge in [-0.25, -0.2) is 14.4 Å². The number of anilines is 1. The molecular weight excluding hydrogens is 621 g/mol. The first kappa shape index (κ1) is 34.8. The second kappa shape index (κ2) is 16.1. The van der Waals surface area contributed by atoms with E-state index in [0.29, 0.717) is 68.5 Å². The topological polar surface area (TPSA) is 152 Å². The van der Waals surface area contributed by atoms with Crippen LogP contribution in [0.5, 0.6) is 5.75 Å². The zero-order chi connectivity index (χ0) is 32.7. The average Bonchev–Trinajstić information content (AvgIpc) is 3.44. The van der Waals surface area contributed by atoms with E-state index >= 15 is 4.39 Å². The van der Waals surface area contributed by atoms with E-state index in [9.17, 15) is 20.1 Å². The van der Waals surface area contributed by atoms with Crippen molar-refractivity contribution in [2.24, 2.45) is 5.92 Å². The van der Waals surface area contributed by atoms with Gasteiger partial charge in [0, 0.05) is 57.4 Å². The number of piperidine rings is 1. The highest BCUT2D eigenvalue weighted by Crippen LogP contribution is 2.34. The highest BCUT2D eigenvalue weighted by atomic mass is 35.5. The summed E-state index contributed by atoms with van der Waals surface area (Å²) < 4.78 is 27.4. The molecule has 0 aliphatic carbocycles. The minimum absolute atomic E-state index is 0.0928. The molecule has 0 amide bonds. The van der Waals surface area contributed by atoms with E-state index < -0.39 is 42.4 Å². The summed E-state index contributed by atoms with van der Waals surface area (Å²) in [6.45, 7) is 3.94. The molecule has 14 heteroatoms. The number of benzene rings is 1. The molecule has 2 aromatic rings. The minimum Gasteiger partial charge on any atom is -0.493 e. The van der Waals surface area contributed by atoms with Crippen LogP contribution in [0.25, 0.3) is 0 Å². The third kappa shape index (κ3) is 8.70. The molecule has 1 aromatic carbocycles. The monoisotopic (exact) mass is 665 g/mol. The third-order valence-corrected chi connectivity index (χ3v) is 9.63. The van der Waals surface area contributed by atoms with Gasteiger partial charge in [0.15, 0.2) is 0 Å². The number of carbonyl (C=O) groups excluding carboxylic acids is 1. The molecule has 1 spiro atoms. The first-order chi connectivity index (χ1) is 22.2. The first-order valence-corrected chi connectivity index (χ1v) is 16.4. The molecule has 0 bridgehead atoms. The van der Waals surface area contributed by atoms with E-state index in [0.717, 1.165) is 45.1 Å². The molecule has 4 N–H and O–H groups in total. The number of hydrogen-bond donors (Lipinski definition) is 4. The van der Waals surface area contributed by atoms with Gasteiger partial charge in [-0.15, -0.1) is 0 Å². The van der Waals surface area contributed by atoms with Crippen LogP contribution in [0.2, 0.25) is 5.02 Å². The Labute approximate surface area is 273 Å². The lowest BCUT2D eigenvalue weighted by Gasteiger charge is -2.42. The maximum atomic E-state index is 15.4. The van der Waals surface area contributed by atoms with Crippen molar-refractivity contribution in [3.8, 4) is 5.75 Å². The molecule has 0 saturated carbocycles. The van der Waals surface area contributed by atoms with Crippen LogP contribution in [-0.4, -0.2) is 136 Å². The van der Waals surface area contributed by atoms with E-state index in [1.54, 1.807) is 24.5 Å². The van der Waals surface area contributed by atoms with Crippen molar-refractivity contribution in [1.82, 2.24) is 19.8 Å². The van der Waals surface area contributed by atoms with Crippen molar-refractivity contribution in [1.29, 1.82) is 0 Å². The van der Waals surface area contributed by atoms with Gasteiger partial charge < -0.3 is 39.6 Å². The number of β-amino-alcohol motifs (C(OH)–C–C–N with tert-alkyl or cyclic N) is 1. The molecule has 5 rings (SSSR count). The molecule has 1 aromatic heterocycles. The zero-order valence-corrected chi connectivity index (χ0v) is 26.7. The number of aliphatic hydroxyl groups excluding tert-OH is 4. The Kier molecular flexibility index (Phi) is 12.2. The fraction of sp³-hybridized carbons (Fsp3) is 0.656. The van der Waals surface area contributed by atoms with Crippen molar-refractivity contribution in [2.45, 2.75) is 62.1 Å². The van der Waals surface area contributed by atoms with Crippen molar-refractivity contribution < 1.29 is 39.1 Å². The number of carbonyl (C=O) groups is 1. The molecule has 3 aliphatic heterocycles. The number of nitrogens with zero attached hydrogens (tertiary/aromatic N) is 5. The first-order valence-electron chi connectivity index (χ1n) is 16.1. The largest absolute Gasteiger partial charge is 0.493 e. The predicted octanol–water partition coefficient (Wildman–Crippen LogP) is 1.44. The fourth-order valence-corrected chi connectivity index (χ4v) is 6.92. The molecule has 254 valence electrons. The Morgan fingerprint density at radius 3 is 2.57 bits per heavy atom. The standard InChI is InChI=1S/C32H45ClFN5O7/c33-23-15-35-31(36-16-23)38-8-5-22(6-9-38)2-1-12-45-24-3-4-25(26(34)14-24)27(18-40)39-11-13-46-32(21-39)7-10-37(20-32)17-28(42)30(44)29(43)19-41/h3-4,14-16,18,22,27-30,41-44H,1-2,5-13,17,19-21H2/t27?,28-,29+,30-,32?/m0/s1. The number of aldehydes is 1. The van der Waals surface area contributed by atoms with Gasteiger partial charge in [0.05, 0.1) is 55.0 Å². The summed E-state index contributed by atoms with van der Waals surface area (Å²) in [6.07, 6.45) is 4.43. The molecule has 3 aliphatic rings. The Bertz CT molecular complexity index is 1270. The summed E-state index contributed by atoms with van der Waals surface area (Å²) in [5.74, 6) is 1.22. The normalized spacial score (nSPS) is 24.2. The van der Waals surface area contributed by atoms with Gasteiger partial charge >= 0.3 is 0 Å². The van der Waals surface area contributed by atoms with E-state index in [2.05, 4.69) is 14.9 Å². The summed E-state index contributed by atoms with van der Waals surface area (Å²) in [6, 6.07) is 3.88. The van der Waals surface area contributed by atoms with Crippen molar-refractivity contribution in [3.05, 3.63) is 47.0 Å². The highest BCUT2D eigenvalue weighted by molar-refractivity contribution is 6.30. The SMILES string of the molecule is O=CC(c1ccc(OCCCC2CCN(c3ncc(Cl)cn3)CC2)cc1F)N1CCOC2(CCN(C[C@H](O)[C@H](O)[C@H](O)CO)C2)C1. The van der Waals surface area contributed by atoms with Gasteiger partial charge in [0.2, 0.25) is 5.95 Å². The Balaban J connectivity index is 1.08. The van der Waals surface area contributed by atoms with Crippen LogP contribution >= 0.6 is 11.6 Å². The van der Waals surface area contributed by atoms with E-state index in [-0.39, 0.29) is 12.1 Å². The second-order valence-electron chi connectivity index (χ2n) is 12.7. The number of hydrogen-bond acceptors (Lipinski definition) is 12. The van der Waals surface area contributed by atoms with Gasteiger partial charge in [-0.1, -0.05) is 17.7 Å². The summed E-state index contributed by atoms with van der Waals surface area (Å²) >= 11 is 5.89. The van der Waals surface area contributed by atoms with Crippen LogP contribution in [0.4, 0.5) is 10.3 Å². The van der Waals surface area contributed by atoms with Crippen LogP contribution in [0.1, 0.15) is 43.7 Å². The van der Waals surface area contributed by atoms with Crippen LogP contribution in [0.15, 0.2) is 30.6 Å². The number of morpholine rings is 1. The molecule has 0 radical (unpaired) electrons. The Hall–Kier alpha value is -2.49. The van der Waals surface area contributed by atoms with E-state index in [4.69, 9.17) is 26.2 Å². The molecule has 2 unspecified atom stereocenters. The Morgan fingerprint density at radius 1 is 1.11 bits per heavy atom. The fourth-order valence-electron chi connectivity index (χ4n) is 6.82. The highest BCUT2D eigenvalue weighted by Gasteiger charge is 2.45. The van der Waals surface area contributed by atoms with Crippen molar-refractivity contribution in [2.75, 3.05) is 70.5 Å². The minimum atomic E-state index is -1.47. The second-order valence-corrected chi connectivity index (χ2v) is 13.1. The lowest BCUT2D eigenvalue weighted by Crippen LogP contribution is -2.55. The average molecular weight is 666 g/mol. The summed E-state index contributed by atoms with van der Waals surface area (Å²) in [4.78, 5) is 26.9. The van der Waals surface area contributed by atoms with Crippen molar-refractivity contribution >= 4 is 23.8 Å². The molecule has 3 saturated heterocycles. The zero-order valence-electron chi connectivity index (χ0n) is 26.0. The summed E-state index contributed by atoms with van der Waals surface area (Å²) in [5, 5.41) is 39.5. The number of aliphatic hydroxyl groups is 4. The lowest BCUT2D eigenvalue weighted by molar-refractivity contribution is -0.129. The molecule has 4 heterocycles. The number of ether oxygens (including phenoxy) is 2. The number of rotatable bonds is 14. The Morgan fingerprint density at radius 2 is 1.87 bits per heavy atom. The lowest BCUT2D eigenvalue weighted by atomic mass is 9.92. The van der Waals surface area contributed by atoms with Crippen molar-refractivity contribution in [3.63, 3.8) is 0 Å². The smallest absolute Gasteiger partial charge is 0.225 e. The maximum Gasteiger partial charge on any atom is 0.225 e. The maximum absolute atomic E-state index is 15.4. The summed E-state index contributed by atoms with van der Waals surface area (Å²) in [5.41, 5.74) is -0.332. The molecular formula is C32H45ClFN5O7. The van der Waals surface area contributed by atoms with Gasteiger partial charge in [-0.2, -0.15) is 0 Å². The number of halogens is 2. The van der Waals surface area contributed by atoms with Gasteiger partial charge in [-0.3, -0.25) is 9.80 Å². The van der Waals surface area contributed by atoms with E-state index in [1.165, 1.54) is 6.07 Å². The van der Waals surface area contributed by atoms with E-state index in [1.807, 2.05) is 9.80 Å². The van der Waals surface area contributed by atoms with Crippen LogP contribution in [-0.2, 0) is 9.53 Å². The van der Waals surface area contributed by atoms with Gasteiger partial charge in [-0.05, 0) is 44.1 Å². The summed E-state index contributed by atoms with van der Waals surface area (Å²) in [7, 11) is 0. The molecule has 5 atom stereocenters. The van der Waals surface area contributed by atoms with Gasteiger partial charge in [0.1, 0.15) is 30.1 Å². The number of aromatic nitrogens is 2. The predicted molar refractivity (Wildman–Crippen MR) is 168 cm³/mol. The third-order valence-electron chi connectivity index (χ3n) is 9.44. The van der Waals surface area contributed by atoms with Crippen LogP contribution < -0.4 is 9.64 Å². The quantitative estimate of drug-likeness (QED) is 0.171. The molecule has 3 fully saturated rings. The van der Waals surface area contributed by atoms with Crippen LogP contribution in [0, 0.1) is 11.7 Å². The molecule has 12 nitrogen and oxygen atoms in total. The number of likely N-dealkylation sites (tertiary alicyclic amines) is 1. The molecule has 46 heavy (non-hydrogen) atoms.